The van der Waals surface area contributed by atoms with Gasteiger partial charge < -0.3 is 4.74 Å². The third kappa shape index (κ3) is 15.4. The minimum Gasteiger partial charge on any atom is -0.370 e. The molecule has 0 amide bonds. The molecule has 1 aromatic rings. The Bertz CT molecular complexity index is 504. The summed E-state index contributed by atoms with van der Waals surface area (Å²) in [4.78, 5) is 4.29. The predicted octanol–water partition coefficient (Wildman–Crippen LogP) is 8.13. The minimum atomic E-state index is -0.337. The first kappa shape index (κ1) is 30.4. The van der Waals surface area contributed by atoms with Crippen molar-refractivity contribution in [2.24, 2.45) is 0 Å². The average molecular weight is 394 g/mol. The molecule has 0 radical (unpaired) electrons. The molecule has 1 rings (SSSR count). The number of thioether (sulfide) groups is 1. The first-order valence-corrected chi connectivity index (χ1v) is 11.1. The predicted molar refractivity (Wildman–Crippen MR) is 127 cm³/mol. The summed E-state index contributed by atoms with van der Waals surface area (Å²) in [5.74, 6) is 0.882. The summed E-state index contributed by atoms with van der Waals surface area (Å²) in [6, 6.07) is 5.94. The van der Waals surface area contributed by atoms with Crippen molar-refractivity contribution in [2.75, 3.05) is 12.4 Å². The molecule has 0 saturated carbocycles. The summed E-state index contributed by atoms with van der Waals surface area (Å²) in [6.45, 7) is 24.9. The first-order valence-electron chi connectivity index (χ1n) is 10.1. The smallest absolute Gasteiger partial charge is 0.0960 e. The molecule has 0 N–H and O–H groups in total. The van der Waals surface area contributed by atoms with E-state index >= 15 is 0 Å². The van der Waals surface area contributed by atoms with Crippen molar-refractivity contribution in [1.82, 2.24) is 4.98 Å². The number of nitrogens with zero attached hydrogens (tertiary/aromatic N) is 1. The zero-order chi connectivity index (χ0) is 21.7. The lowest BCUT2D eigenvalue weighted by atomic mass is 9.92. The Morgan fingerprint density at radius 2 is 1.74 bits per heavy atom. The standard InChI is InChI=1S/C18H25NOS.3C2H6/c1-6-7-10-16(15(2)3)18(4,5)20-13-14-21-17-11-8-9-12-19-17;3*1-2/h6-12H,2,13-14H2,1,3-5H3;3*1-2H3/b7-6-,16-10+;;;. The average Bonchev–Trinajstić information content (AvgIpc) is 2.70. The SMILES string of the molecule is C=C(C)/C(=C\C=C/C)C(C)(C)OCCSc1ccccn1.CC.CC.CC. The number of allylic oxidation sites excluding steroid dienone is 3. The van der Waals surface area contributed by atoms with Crippen LogP contribution in [0.4, 0.5) is 0 Å². The second-order valence-electron chi connectivity index (χ2n) is 5.26. The number of ether oxygens (including phenoxy) is 1. The van der Waals surface area contributed by atoms with E-state index in [1.165, 1.54) is 0 Å². The second kappa shape index (κ2) is 21.0. The number of pyridine rings is 1. The van der Waals surface area contributed by atoms with Gasteiger partial charge in [0, 0.05) is 11.9 Å². The number of rotatable bonds is 8. The minimum absolute atomic E-state index is 0.337. The van der Waals surface area contributed by atoms with Gasteiger partial charge in [0.15, 0.2) is 0 Å². The fraction of sp³-hybridized carbons (Fsp3) is 0.542. The summed E-state index contributed by atoms with van der Waals surface area (Å²) in [5.41, 5.74) is 1.83. The molecule has 0 aliphatic carbocycles. The molecule has 1 aromatic heterocycles. The largest absolute Gasteiger partial charge is 0.370 e. The molecule has 0 fully saturated rings. The first-order chi connectivity index (χ1) is 13.0. The molecule has 2 nitrogen and oxygen atoms in total. The molecule has 0 aliphatic rings. The van der Waals surface area contributed by atoms with Crippen molar-refractivity contribution in [3.8, 4) is 0 Å². The van der Waals surface area contributed by atoms with E-state index in [0.29, 0.717) is 6.61 Å². The summed E-state index contributed by atoms with van der Waals surface area (Å²) < 4.78 is 6.06. The zero-order valence-electron chi connectivity index (χ0n) is 19.4. The highest BCUT2D eigenvalue weighted by molar-refractivity contribution is 7.99. The fourth-order valence-electron chi connectivity index (χ4n) is 2.00. The maximum atomic E-state index is 6.06. The van der Waals surface area contributed by atoms with Gasteiger partial charge in [0.05, 0.1) is 17.2 Å². The van der Waals surface area contributed by atoms with E-state index in [9.17, 15) is 0 Å². The van der Waals surface area contributed by atoms with E-state index < -0.39 is 0 Å². The van der Waals surface area contributed by atoms with Gasteiger partial charge in [-0.15, -0.1) is 11.8 Å². The van der Waals surface area contributed by atoms with Gasteiger partial charge in [0.25, 0.3) is 0 Å². The third-order valence-electron chi connectivity index (χ3n) is 3.00. The molecule has 0 saturated heterocycles. The maximum absolute atomic E-state index is 6.06. The van der Waals surface area contributed by atoms with Gasteiger partial charge in [-0.1, -0.05) is 78.0 Å². The van der Waals surface area contributed by atoms with Crippen molar-refractivity contribution < 1.29 is 4.74 Å². The fourth-order valence-corrected chi connectivity index (χ4v) is 2.69. The summed E-state index contributed by atoms with van der Waals surface area (Å²) in [7, 11) is 0. The van der Waals surface area contributed by atoms with E-state index in [-0.39, 0.29) is 5.60 Å². The Balaban J connectivity index is -0.000000869. The lowest BCUT2D eigenvalue weighted by Gasteiger charge is -2.29. The number of hydrogen-bond acceptors (Lipinski definition) is 3. The monoisotopic (exact) mass is 393 g/mol. The molecule has 0 atom stereocenters. The highest BCUT2D eigenvalue weighted by Crippen LogP contribution is 2.27. The lowest BCUT2D eigenvalue weighted by molar-refractivity contribution is 0.0227. The van der Waals surface area contributed by atoms with Gasteiger partial charge in [-0.25, -0.2) is 4.98 Å². The number of hydrogen-bond donors (Lipinski definition) is 0. The normalized spacial score (nSPS) is 10.7. The third-order valence-corrected chi connectivity index (χ3v) is 3.91. The van der Waals surface area contributed by atoms with Gasteiger partial charge in [-0.3, -0.25) is 0 Å². The Labute approximate surface area is 174 Å². The van der Waals surface area contributed by atoms with Crippen LogP contribution in [0.5, 0.6) is 0 Å². The molecule has 0 unspecified atom stereocenters. The van der Waals surface area contributed by atoms with E-state index in [2.05, 4.69) is 31.5 Å². The molecule has 27 heavy (non-hydrogen) atoms. The highest BCUT2D eigenvalue weighted by Gasteiger charge is 2.24. The van der Waals surface area contributed by atoms with Crippen LogP contribution in [0.15, 0.2) is 65.4 Å². The van der Waals surface area contributed by atoms with Gasteiger partial charge in [0.2, 0.25) is 0 Å². The molecule has 156 valence electrons. The molecule has 0 aliphatic heterocycles. The van der Waals surface area contributed by atoms with Crippen LogP contribution in [-0.4, -0.2) is 22.9 Å². The summed E-state index contributed by atoms with van der Waals surface area (Å²) in [5, 5.41) is 1.03. The Hall–Kier alpha value is -1.32. The maximum Gasteiger partial charge on any atom is 0.0960 e. The van der Waals surface area contributed by atoms with Crippen LogP contribution in [0.2, 0.25) is 0 Å². The van der Waals surface area contributed by atoms with Gasteiger partial charge in [-0.2, -0.15) is 0 Å². The molecule has 1 heterocycles. The van der Waals surface area contributed by atoms with E-state index in [4.69, 9.17) is 4.74 Å². The zero-order valence-corrected chi connectivity index (χ0v) is 20.2. The van der Waals surface area contributed by atoms with Crippen LogP contribution in [0.25, 0.3) is 0 Å². The molecule has 0 spiro atoms. The van der Waals surface area contributed by atoms with Crippen LogP contribution in [0.3, 0.4) is 0 Å². The van der Waals surface area contributed by atoms with E-state index in [0.717, 1.165) is 21.9 Å². The lowest BCUT2D eigenvalue weighted by Crippen LogP contribution is -2.28. The molecular formula is C24H43NOS. The highest BCUT2D eigenvalue weighted by atomic mass is 32.2. The van der Waals surface area contributed by atoms with Crippen LogP contribution in [-0.2, 0) is 4.74 Å². The molecule has 0 aromatic carbocycles. The second-order valence-corrected chi connectivity index (χ2v) is 6.38. The van der Waals surface area contributed by atoms with Gasteiger partial charge in [-0.05, 0) is 45.4 Å². The molecule has 3 heteroatoms. The molecule has 0 bridgehead atoms. The Morgan fingerprint density at radius 3 is 2.19 bits per heavy atom. The summed E-state index contributed by atoms with van der Waals surface area (Å²) >= 11 is 1.71. The molecular weight excluding hydrogens is 350 g/mol. The van der Waals surface area contributed by atoms with Crippen molar-refractivity contribution in [1.29, 1.82) is 0 Å². The van der Waals surface area contributed by atoms with Crippen molar-refractivity contribution in [3.63, 3.8) is 0 Å². The Morgan fingerprint density at radius 1 is 1.15 bits per heavy atom. The van der Waals surface area contributed by atoms with Crippen molar-refractivity contribution >= 4 is 11.8 Å². The Kier molecular flexibility index (Phi) is 23.6. The quantitative estimate of drug-likeness (QED) is 0.253. The topological polar surface area (TPSA) is 22.1 Å². The van der Waals surface area contributed by atoms with Crippen LogP contribution in [0, 0.1) is 0 Å². The van der Waals surface area contributed by atoms with Gasteiger partial charge in [0.1, 0.15) is 0 Å². The van der Waals surface area contributed by atoms with Crippen molar-refractivity contribution in [3.05, 3.63) is 60.3 Å². The van der Waals surface area contributed by atoms with Crippen LogP contribution in [0.1, 0.15) is 69.2 Å². The van der Waals surface area contributed by atoms with Gasteiger partial charge >= 0.3 is 0 Å². The van der Waals surface area contributed by atoms with Crippen molar-refractivity contribution in [2.45, 2.75) is 79.9 Å². The van der Waals surface area contributed by atoms with E-state index in [1.54, 1.807) is 11.8 Å². The number of aromatic nitrogens is 1. The van der Waals surface area contributed by atoms with Crippen LogP contribution >= 0.6 is 11.8 Å². The summed E-state index contributed by atoms with van der Waals surface area (Å²) in [6.07, 6.45) is 7.92. The van der Waals surface area contributed by atoms with Crippen LogP contribution < -0.4 is 0 Å². The van der Waals surface area contributed by atoms with E-state index in [1.807, 2.05) is 91.9 Å².